The summed E-state index contributed by atoms with van der Waals surface area (Å²) in [5.74, 6) is 0. The fourth-order valence-corrected chi connectivity index (χ4v) is 4.03. The maximum absolute atomic E-state index is 6.18. The first-order valence-electron chi connectivity index (χ1n) is 9.00. The van der Waals surface area contributed by atoms with Gasteiger partial charge >= 0.3 is 0 Å². The molecule has 0 saturated heterocycles. The zero-order chi connectivity index (χ0) is 15.3. The van der Waals surface area contributed by atoms with Crippen molar-refractivity contribution in [2.75, 3.05) is 13.7 Å². The summed E-state index contributed by atoms with van der Waals surface area (Å²) in [4.78, 5) is 0. The minimum Gasteiger partial charge on any atom is -0.376 e. The fourth-order valence-electron chi connectivity index (χ4n) is 4.03. The number of nitrogens with one attached hydrogen (secondary N) is 1. The van der Waals surface area contributed by atoms with Crippen molar-refractivity contribution in [2.45, 2.75) is 90.2 Å². The molecule has 2 heteroatoms. The molecule has 0 spiro atoms. The summed E-state index contributed by atoms with van der Waals surface area (Å²) in [7, 11) is 1.93. The Hall–Kier alpha value is -0.340. The number of allylic oxidation sites excluding steroid dienone is 1. The normalized spacial score (nSPS) is 26.2. The zero-order valence-electron chi connectivity index (χ0n) is 14.6. The molecule has 1 N–H and O–H groups in total. The second kappa shape index (κ2) is 7.28. The Balaban J connectivity index is 2.18. The van der Waals surface area contributed by atoms with Crippen LogP contribution >= 0.6 is 0 Å². The van der Waals surface area contributed by atoms with Crippen molar-refractivity contribution in [3.8, 4) is 0 Å². The number of rotatable bonds is 6. The number of hydrogen-bond acceptors (Lipinski definition) is 2. The lowest BCUT2D eigenvalue weighted by atomic mass is 9.66. The molecule has 0 aromatic carbocycles. The van der Waals surface area contributed by atoms with E-state index in [4.69, 9.17) is 4.74 Å². The number of ether oxygens (including phenoxy) is 1. The van der Waals surface area contributed by atoms with E-state index in [1.54, 1.807) is 5.57 Å². The molecule has 0 amide bonds. The van der Waals surface area contributed by atoms with E-state index in [-0.39, 0.29) is 5.60 Å². The van der Waals surface area contributed by atoms with Crippen LogP contribution in [0.25, 0.3) is 0 Å². The Morgan fingerprint density at radius 1 is 1.19 bits per heavy atom. The van der Waals surface area contributed by atoms with E-state index in [2.05, 4.69) is 32.2 Å². The summed E-state index contributed by atoms with van der Waals surface area (Å²) in [5.41, 5.74) is 2.13. The lowest BCUT2D eigenvalue weighted by Gasteiger charge is -2.48. The smallest absolute Gasteiger partial charge is 0.0869 e. The van der Waals surface area contributed by atoms with Crippen LogP contribution in [0.5, 0.6) is 0 Å². The van der Waals surface area contributed by atoms with Gasteiger partial charge in [-0.1, -0.05) is 32.4 Å². The van der Waals surface area contributed by atoms with Crippen LogP contribution in [0.2, 0.25) is 0 Å². The molecule has 1 atom stereocenters. The SMILES string of the molecule is CCCNC(C1=CCCCC1)C1(OC)CCC(C)(C)CC1. The molecule has 1 fully saturated rings. The Bertz CT molecular complexity index is 349. The molecule has 0 bridgehead atoms. The first-order chi connectivity index (χ1) is 10.0. The monoisotopic (exact) mass is 293 g/mol. The van der Waals surface area contributed by atoms with Crippen LogP contribution in [0.4, 0.5) is 0 Å². The van der Waals surface area contributed by atoms with Crippen LogP contribution in [0, 0.1) is 5.41 Å². The van der Waals surface area contributed by atoms with E-state index >= 15 is 0 Å². The molecule has 2 aliphatic rings. The molecule has 0 radical (unpaired) electrons. The quantitative estimate of drug-likeness (QED) is 0.707. The fraction of sp³-hybridized carbons (Fsp3) is 0.895. The Kier molecular flexibility index (Phi) is 5.90. The summed E-state index contributed by atoms with van der Waals surface area (Å²) in [6, 6.07) is 0.429. The van der Waals surface area contributed by atoms with Crippen molar-refractivity contribution < 1.29 is 4.74 Å². The molecule has 21 heavy (non-hydrogen) atoms. The largest absolute Gasteiger partial charge is 0.376 e. The number of hydrogen-bond donors (Lipinski definition) is 1. The van der Waals surface area contributed by atoms with Gasteiger partial charge in [0.15, 0.2) is 0 Å². The van der Waals surface area contributed by atoms with Gasteiger partial charge in [0, 0.05) is 7.11 Å². The van der Waals surface area contributed by atoms with Gasteiger partial charge in [0.05, 0.1) is 11.6 Å². The van der Waals surface area contributed by atoms with Crippen molar-refractivity contribution >= 4 is 0 Å². The summed E-state index contributed by atoms with van der Waals surface area (Å²) in [6.07, 6.45) is 13.8. The van der Waals surface area contributed by atoms with E-state index < -0.39 is 0 Å². The van der Waals surface area contributed by atoms with Gasteiger partial charge in [-0.05, 0) is 69.7 Å². The third-order valence-electron chi connectivity index (χ3n) is 5.68. The van der Waals surface area contributed by atoms with E-state index in [0.717, 1.165) is 6.54 Å². The average Bonchev–Trinajstić information content (AvgIpc) is 2.50. The topological polar surface area (TPSA) is 21.3 Å². The molecule has 2 aliphatic carbocycles. The molecule has 0 aliphatic heterocycles. The highest BCUT2D eigenvalue weighted by atomic mass is 16.5. The van der Waals surface area contributed by atoms with Crippen LogP contribution in [0.3, 0.4) is 0 Å². The predicted octanol–water partition coefficient (Wildman–Crippen LogP) is 4.84. The minimum absolute atomic E-state index is 0.0217. The molecule has 1 saturated carbocycles. The predicted molar refractivity (Wildman–Crippen MR) is 90.6 cm³/mol. The first-order valence-corrected chi connectivity index (χ1v) is 9.00. The minimum atomic E-state index is 0.0217. The highest BCUT2D eigenvalue weighted by molar-refractivity contribution is 5.20. The van der Waals surface area contributed by atoms with Gasteiger partial charge < -0.3 is 10.1 Å². The Morgan fingerprint density at radius 2 is 1.90 bits per heavy atom. The summed E-state index contributed by atoms with van der Waals surface area (Å²) in [6.45, 7) is 8.15. The van der Waals surface area contributed by atoms with E-state index in [9.17, 15) is 0 Å². The van der Waals surface area contributed by atoms with Crippen molar-refractivity contribution in [3.05, 3.63) is 11.6 Å². The molecule has 122 valence electrons. The third kappa shape index (κ3) is 4.10. The van der Waals surface area contributed by atoms with Gasteiger partial charge in [-0.25, -0.2) is 0 Å². The molecule has 0 aromatic rings. The summed E-state index contributed by atoms with van der Waals surface area (Å²) >= 11 is 0. The van der Waals surface area contributed by atoms with E-state index in [1.165, 1.54) is 57.8 Å². The Labute approximate surface area is 131 Å². The average molecular weight is 293 g/mol. The molecular formula is C19H35NO. The van der Waals surface area contributed by atoms with E-state index in [1.807, 2.05) is 7.11 Å². The zero-order valence-corrected chi connectivity index (χ0v) is 14.6. The summed E-state index contributed by atoms with van der Waals surface area (Å²) in [5, 5.41) is 3.83. The maximum Gasteiger partial charge on any atom is 0.0869 e. The van der Waals surface area contributed by atoms with Crippen LogP contribution in [-0.4, -0.2) is 25.3 Å². The van der Waals surface area contributed by atoms with Crippen LogP contribution in [0.15, 0.2) is 11.6 Å². The van der Waals surface area contributed by atoms with Crippen LogP contribution < -0.4 is 5.32 Å². The van der Waals surface area contributed by atoms with Gasteiger partial charge in [0.2, 0.25) is 0 Å². The lowest BCUT2D eigenvalue weighted by Crippen LogP contribution is -2.56. The second-order valence-corrected chi connectivity index (χ2v) is 7.85. The third-order valence-corrected chi connectivity index (χ3v) is 5.68. The summed E-state index contributed by atoms with van der Waals surface area (Å²) < 4.78 is 6.18. The van der Waals surface area contributed by atoms with Gasteiger partial charge in [-0.2, -0.15) is 0 Å². The molecule has 2 rings (SSSR count). The van der Waals surface area contributed by atoms with Gasteiger partial charge in [0.1, 0.15) is 0 Å². The highest BCUT2D eigenvalue weighted by Gasteiger charge is 2.45. The molecule has 2 nitrogen and oxygen atoms in total. The first kappa shape index (κ1) is 17.0. The van der Waals surface area contributed by atoms with Crippen LogP contribution in [0.1, 0.15) is 78.6 Å². The second-order valence-electron chi connectivity index (χ2n) is 7.85. The Morgan fingerprint density at radius 3 is 2.43 bits per heavy atom. The molecule has 0 heterocycles. The van der Waals surface area contributed by atoms with E-state index in [0.29, 0.717) is 11.5 Å². The van der Waals surface area contributed by atoms with Crippen molar-refractivity contribution in [1.29, 1.82) is 0 Å². The lowest BCUT2D eigenvalue weighted by molar-refractivity contribution is -0.0790. The van der Waals surface area contributed by atoms with Gasteiger partial charge in [-0.3, -0.25) is 0 Å². The van der Waals surface area contributed by atoms with Crippen molar-refractivity contribution in [3.63, 3.8) is 0 Å². The highest BCUT2D eigenvalue weighted by Crippen LogP contribution is 2.45. The van der Waals surface area contributed by atoms with Crippen molar-refractivity contribution in [1.82, 2.24) is 5.32 Å². The van der Waals surface area contributed by atoms with Crippen LogP contribution in [-0.2, 0) is 4.74 Å². The van der Waals surface area contributed by atoms with Gasteiger partial charge in [-0.15, -0.1) is 0 Å². The molecular weight excluding hydrogens is 258 g/mol. The van der Waals surface area contributed by atoms with Gasteiger partial charge in [0.25, 0.3) is 0 Å². The standard InChI is InChI=1S/C19H35NO/c1-5-15-20-17(16-9-7-6-8-10-16)19(21-4)13-11-18(2,3)12-14-19/h9,17,20H,5-8,10-15H2,1-4H3. The van der Waals surface area contributed by atoms with Crippen molar-refractivity contribution in [2.24, 2.45) is 5.41 Å². The number of methoxy groups -OCH3 is 1. The molecule has 0 aromatic heterocycles. The maximum atomic E-state index is 6.18. The molecule has 1 unspecified atom stereocenters.